The number of halogens is 1. The van der Waals surface area contributed by atoms with Gasteiger partial charge >= 0.3 is 0 Å². The topological polar surface area (TPSA) is 46.4 Å². The summed E-state index contributed by atoms with van der Waals surface area (Å²) in [5.41, 5.74) is 1.40. The van der Waals surface area contributed by atoms with Crippen LogP contribution < -0.4 is 0 Å². The van der Waals surface area contributed by atoms with Gasteiger partial charge in [-0.05, 0) is 63.1 Å². The van der Waals surface area contributed by atoms with E-state index in [-0.39, 0.29) is 23.0 Å². The molecule has 3 heterocycles. The van der Waals surface area contributed by atoms with Gasteiger partial charge in [0.15, 0.2) is 0 Å². The first-order valence-corrected chi connectivity index (χ1v) is 7.70. The standard InChI is InChI=1S/C16H22N2O2.ClH/c19-18(20)15-6-4-13(5-7-15)2-1-3-16-12-14-8-10-17(16)11-9-14;/h4-7,14,16H,1-3,8-12H2;1H. The summed E-state index contributed by atoms with van der Waals surface area (Å²) in [6.45, 7) is 2.60. The number of hydrogen-bond donors (Lipinski definition) is 0. The molecule has 1 aromatic carbocycles. The molecular weight excluding hydrogens is 288 g/mol. The molecule has 0 amide bonds. The Kier molecular flexibility index (Phi) is 5.59. The van der Waals surface area contributed by atoms with Crippen LogP contribution in [0.1, 0.15) is 37.7 Å². The second-order valence-corrected chi connectivity index (χ2v) is 6.18. The number of piperidine rings is 3. The number of hydrogen-bond acceptors (Lipinski definition) is 3. The van der Waals surface area contributed by atoms with Gasteiger partial charge in [-0.2, -0.15) is 0 Å². The van der Waals surface area contributed by atoms with Gasteiger partial charge in [-0.15, -0.1) is 12.4 Å². The van der Waals surface area contributed by atoms with Crippen molar-refractivity contribution in [1.29, 1.82) is 0 Å². The molecular formula is C16H23ClN2O2. The molecule has 1 unspecified atom stereocenters. The van der Waals surface area contributed by atoms with Gasteiger partial charge < -0.3 is 4.90 Å². The SMILES string of the molecule is Cl.O=[N+]([O-])c1ccc(CCCC2CC3CCN2CC3)cc1. The van der Waals surface area contributed by atoms with Gasteiger partial charge in [0.1, 0.15) is 0 Å². The summed E-state index contributed by atoms with van der Waals surface area (Å²) < 4.78 is 0. The average Bonchev–Trinajstić information content (AvgIpc) is 2.49. The number of non-ortho nitro benzene ring substituents is 1. The maximum Gasteiger partial charge on any atom is 0.269 e. The van der Waals surface area contributed by atoms with Crippen LogP contribution in [0.4, 0.5) is 5.69 Å². The fourth-order valence-electron chi connectivity index (χ4n) is 3.71. The minimum atomic E-state index is -0.337. The summed E-state index contributed by atoms with van der Waals surface area (Å²) in [6.07, 6.45) is 7.68. The van der Waals surface area contributed by atoms with E-state index in [1.165, 1.54) is 50.8 Å². The molecule has 0 aliphatic carbocycles. The number of nitro benzene ring substituents is 1. The molecule has 21 heavy (non-hydrogen) atoms. The smallest absolute Gasteiger partial charge is 0.269 e. The Labute approximate surface area is 132 Å². The Morgan fingerprint density at radius 1 is 1.19 bits per heavy atom. The average molecular weight is 311 g/mol. The zero-order valence-corrected chi connectivity index (χ0v) is 13.1. The third-order valence-electron chi connectivity index (χ3n) is 4.92. The molecule has 3 aliphatic heterocycles. The molecule has 1 aromatic rings. The van der Waals surface area contributed by atoms with E-state index in [4.69, 9.17) is 0 Å². The van der Waals surface area contributed by atoms with Crippen LogP contribution in [-0.2, 0) is 6.42 Å². The summed E-state index contributed by atoms with van der Waals surface area (Å²) in [4.78, 5) is 12.9. The lowest BCUT2D eigenvalue weighted by atomic mass is 9.81. The highest BCUT2D eigenvalue weighted by atomic mass is 35.5. The predicted molar refractivity (Wildman–Crippen MR) is 86.0 cm³/mol. The molecule has 0 N–H and O–H groups in total. The summed E-state index contributed by atoms with van der Waals surface area (Å²) in [7, 11) is 0. The summed E-state index contributed by atoms with van der Waals surface area (Å²) in [6, 6.07) is 7.81. The lowest BCUT2D eigenvalue weighted by molar-refractivity contribution is -0.384. The monoisotopic (exact) mass is 310 g/mol. The van der Waals surface area contributed by atoms with Gasteiger partial charge in [0.2, 0.25) is 0 Å². The first-order chi connectivity index (χ1) is 9.72. The zero-order chi connectivity index (χ0) is 13.9. The normalized spacial score (nSPS) is 27.1. The second-order valence-electron chi connectivity index (χ2n) is 6.18. The molecule has 116 valence electrons. The molecule has 0 radical (unpaired) electrons. The second kappa shape index (κ2) is 7.23. The fraction of sp³-hybridized carbons (Fsp3) is 0.625. The lowest BCUT2D eigenvalue weighted by Gasteiger charge is -2.45. The minimum absolute atomic E-state index is 0. The van der Waals surface area contributed by atoms with Gasteiger partial charge in [-0.1, -0.05) is 12.1 Å². The van der Waals surface area contributed by atoms with Crippen LogP contribution in [0, 0.1) is 16.0 Å². The van der Waals surface area contributed by atoms with Crippen molar-refractivity contribution in [3.05, 3.63) is 39.9 Å². The molecule has 4 rings (SSSR count). The van der Waals surface area contributed by atoms with Gasteiger partial charge in [0.25, 0.3) is 5.69 Å². The van der Waals surface area contributed by atoms with Crippen LogP contribution in [0.5, 0.6) is 0 Å². The number of nitrogens with zero attached hydrogens (tertiary/aromatic N) is 2. The van der Waals surface area contributed by atoms with Crippen molar-refractivity contribution in [3.63, 3.8) is 0 Å². The van der Waals surface area contributed by atoms with Gasteiger partial charge in [0, 0.05) is 18.2 Å². The molecule has 3 saturated heterocycles. The number of benzene rings is 1. The Morgan fingerprint density at radius 3 is 2.38 bits per heavy atom. The van der Waals surface area contributed by atoms with E-state index in [9.17, 15) is 10.1 Å². The third kappa shape index (κ3) is 3.95. The molecule has 4 nitrogen and oxygen atoms in total. The van der Waals surface area contributed by atoms with E-state index in [0.717, 1.165) is 18.4 Å². The molecule has 3 aliphatic rings. The highest BCUT2D eigenvalue weighted by Gasteiger charge is 2.32. The first kappa shape index (κ1) is 16.2. The van der Waals surface area contributed by atoms with E-state index < -0.39 is 0 Å². The molecule has 5 heteroatoms. The van der Waals surface area contributed by atoms with E-state index in [2.05, 4.69) is 4.90 Å². The van der Waals surface area contributed by atoms with Crippen molar-refractivity contribution in [3.8, 4) is 0 Å². The Bertz CT molecular complexity index is 470. The van der Waals surface area contributed by atoms with Gasteiger partial charge in [-0.25, -0.2) is 0 Å². The van der Waals surface area contributed by atoms with Crippen LogP contribution >= 0.6 is 12.4 Å². The van der Waals surface area contributed by atoms with Crippen LogP contribution in [0.2, 0.25) is 0 Å². The zero-order valence-electron chi connectivity index (χ0n) is 12.2. The fourth-order valence-corrected chi connectivity index (χ4v) is 3.71. The minimum Gasteiger partial charge on any atom is -0.300 e. The summed E-state index contributed by atoms with van der Waals surface area (Å²) in [5, 5.41) is 10.6. The molecule has 0 aromatic heterocycles. The molecule has 0 saturated carbocycles. The van der Waals surface area contributed by atoms with Crippen LogP contribution in [-0.4, -0.2) is 29.0 Å². The maximum atomic E-state index is 10.6. The number of aryl methyl sites for hydroxylation is 1. The Morgan fingerprint density at radius 2 is 1.86 bits per heavy atom. The molecule has 3 fully saturated rings. The number of nitro groups is 1. The van der Waals surface area contributed by atoms with Crippen LogP contribution in [0.25, 0.3) is 0 Å². The quantitative estimate of drug-likeness (QED) is 0.613. The first-order valence-electron chi connectivity index (χ1n) is 7.70. The van der Waals surface area contributed by atoms with Crippen LogP contribution in [0.15, 0.2) is 24.3 Å². The van der Waals surface area contributed by atoms with E-state index >= 15 is 0 Å². The predicted octanol–water partition coefficient (Wildman–Crippen LogP) is 3.82. The molecule has 1 atom stereocenters. The summed E-state index contributed by atoms with van der Waals surface area (Å²) in [5.74, 6) is 0.976. The molecule has 0 spiro atoms. The van der Waals surface area contributed by atoms with E-state index in [0.29, 0.717) is 0 Å². The number of fused-ring (bicyclic) bond motifs is 3. The Balaban J connectivity index is 0.00000161. The van der Waals surface area contributed by atoms with Crippen molar-refractivity contribution in [2.24, 2.45) is 5.92 Å². The van der Waals surface area contributed by atoms with Crippen molar-refractivity contribution in [2.45, 2.75) is 44.6 Å². The summed E-state index contributed by atoms with van der Waals surface area (Å²) >= 11 is 0. The maximum absolute atomic E-state index is 10.6. The van der Waals surface area contributed by atoms with Crippen LogP contribution in [0.3, 0.4) is 0 Å². The van der Waals surface area contributed by atoms with Gasteiger partial charge in [-0.3, -0.25) is 10.1 Å². The van der Waals surface area contributed by atoms with Crippen molar-refractivity contribution < 1.29 is 4.92 Å². The highest BCUT2D eigenvalue weighted by Crippen LogP contribution is 2.33. The number of rotatable bonds is 5. The van der Waals surface area contributed by atoms with E-state index in [1.807, 2.05) is 12.1 Å². The van der Waals surface area contributed by atoms with Crippen molar-refractivity contribution in [1.82, 2.24) is 4.90 Å². The van der Waals surface area contributed by atoms with Gasteiger partial charge in [0.05, 0.1) is 4.92 Å². The molecule has 2 bridgehead atoms. The van der Waals surface area contributed by atoms with E-state index in [1.54, 1.807) is 12.1 Å². The van der Waals surface area contributed by atoms with Crippen molar-refractivity contribution in [2.75, 3.05) is 13.1 Å². The Hall–Kier alpha value is -1.13. The third-order valence-corrected chi connectivity index (χ3v) is 4.92. The highest BCUT2D eigenvalue weighted by molar-refractivity contribution is 5.85. The lowest BCUT2D eigenvalue weighted by Crippen LogP contribution is -2.48. The van der Waals surface area contributed by atoms with Crippen molar-refractivity contribution >= 4 is 18.1 Å². The largest absolute Gasteiger partial charge is 0.300 e.